The van der Waals surface area contributed by atoms with Crippen LogP contribution in [0.3, 0.4) is 0 Å². The molecule has 0 amide bonds. The fraction of sp³-hybridized carbons (Fsp3) is 0.174. The highest BCUT2D eigenvalue weighted by Crippen LogP contribution is 2.17. The number of hydrogen-bond acceptors (Lipinski definition) is 5. The molecule has 0 aliphatic carbocycles. The van der Waals surface area contributed by atoms with Crippen LogP contribution in [-0.2, 0) is 22.7 Å². The van der Waals surface area contributed by atoms with Crippen molar-refractivity contribution in [2.75, 3.05) is 7.11 Å². The Morgan fingerprint density at radius 2 is 1.83 bits per heavy atom. The Bertz CT molecular complexity index is 970. The van der Waals surface area contributed by atoms with Crippen molar-refractivity contribution in [3.8, 4) is 5.75 Å². The average molecular weight is 390 g/mol. The number of carbonyl (C=O) groups is 1. The van der Waals surface area contributed by atoms with Gasteiger partial charge in [0.2, 0.25) is 0 Å². The summed E-state index contributed by atoms with van der Waals surface area (Å²) < 4.78 is 5.87. The van der Waals surface area contributed by atoms with Crippen molar-refractivity contribution in [1.29, 1.82) is 0 Å². The predicted octanol–water partition coefficient (Wildman–Crippen LogP) is 4.08. The highest BCUT2D eigenvalue weighted by Gasteiger charge is 2.09. The maximum absolute atomic E-state index is 10.7. The molecule has 0 unspecified atom stereocenters. The highest BCUT2D eigenvalue weighted by atomic mass is 16.6. The van der Waals surface area contributed by atoms with Gasteiger partial charge in [0.25, 0.3) is 0 Å². The Morgan fingerprint density at radius 3 is 2.52 bits per heavy atom. The summed E-state index contributed by atoms with van der Waals surface area (Å²) in [5, 5.41) is 12.9. The highest BCUT2D eigenvalue weighted by molar-refractivity contribution is 6.12. The minimum Gasteiger partial charge on any atom is -0.489 e. The SMILES string of the molecule is CON=C(c1cccnc1)c1cccc(COc2ccc(CCC(=O)O)cc2)c1. The van der Waals surface area contributed by atoms with E-state index in [0.29, 0.717) is 18.7 Å². The van der Waals surface area contributed by atoms with E-state index >= 15 is 0 Å². The first-order valence-electron chi connectivity index (χ1n) is 9.20. The number of carboxylic acid groups (broad SMARTS) is 1. The molecule has 0 fully saturated rings. The van der Waals surface area contributed by atoms with Crippen molar-refractivity contribution in [3.05, 3.63) is 95.3 Å². The number of benzene rings is 2. The number of rotatable bonds is 9. The lowest BCUT2D eigenvalue weighted by atomic mass is 10.0. The van der Waals surface area contributed by atoms with Gasteiger partial charge in [-0.15, -0.1) is 0 Å². The summed E-state index contributed by atoms with van der Waals surface area (Å²) in [6, 6.07) is 19.2. The molecule has 0 aliphatic heterocycles. The van der Waals surface area contributed by atoms with Gasteiger partial charge in [0.15, 0.2) is 0 Å². The van der Waals surface area contributed by atoms with Gasteiger partial charge in [-0.05, 0) is 47.9 Å². The van der Waals surface area contributed by atoms with Crippen LogP contribution in [0.25, 0.3) is 0 Å². The van der Waals surface area contributed by atoms with Crippen molar-refractivity contribution < 1.29 is 19.5 Å². The number of carboxylic acids is 1. The van der Waals surface area contributed by atoms with Gasteiger partial charge >= 0.3 is 5.97 Å². The number of nitrogens with zero attached hydrogens (tertiary/aromatic N) is 2. The Morgan fingerprint density at radius 1 is 1.03 bits per heavy atom. The van der Waals surface area contributed by atoms with E-state index in [4.69, 9.17) is 14.7 Å². The minimum atomic E-state index is -0.798. The van der Waals surface area contributed by atoms with E-state index in [-0.39, 0.29) is 6.42 Å². The van der Waals surface area contributed by atoms with Crippen LogP contribution in [0.4, 0.5) is 0 Å². The average Bonchev–Trinajstić information content (AvgIpc) is 2.76. The monoisotopic (exact) mass is 390 g/mol. The van der Waals surface area contributed by atoms with Crippen molar-refractivity contribution in [2.45, 2.75) is 19.4 Å². The largest absolute Gasteiger partial charge is 0.489 e. The normalized spacial score (nSPS) is 11.1. The van der Waals surface area contributed by atoms with Crippen LogP contribution in [0, 0.1) is 0 Å². The third-order valence-electron chi connectivity index (χ3n) is 4.27. The van der Waals surface area contributed by atoms with Gasteiger partial charge in [0.05, 0.1) is 0 Å². The lowest BCUT2D eigenvalue weighted by molar-refractivity contribution is -0.136. The molecule has 0 saturated carbocycles. The topological polar surface area (TPSA) is 81.0 Å². The lowest BCUT2D eigenvalue weighted by Gasteiger charge is -2.10. The molecule has 0 bridgehead atoms. The van der Waals surface area contributed by atoms with Gasteiger partial charge in [-0.3, -0.25) is 9.78 Å². The number of aromatic nitrogens is 1. The fourth-order valence-corrected chi connectivity index (χ4v) is 2.84. The summed E-state index contributed by atoms with van der Waals surface area (Å²) in [7, 11) is 1.52. The molecule has 2 aromatic carbocycles. The molecule has 6 nitrogen and oxygen atoms in total. The van der Waals surface area contributed by atoms with E-state index in [2.05, 4.69) is 10.1 Å². The maximum atomic E-state index is 10.7. The summed E-state index contributed by atoms with van der Waals surface area (Å²) >= 11 is 0. The molecule has 0 radical (unpaired) electrons. The van der Waals surface area contributed by atoms with Crippen LogP contribution >= 0.6 is 0 Å². The molecule has 0 aliphatic rings. The van der Waals surface area contributed by atoms with E-state index < -0.39 is 5.97 Å². The van der Waals surface area contributed by atoms with Gasteiger partial charge in [0, 0.05) is 29.9 Å². The van der Waals surface area contributed by atoms with Crippen LogP contribution in [0.15, 0.2) is 78.2 Å². The van der Waals surface area contributed by atoms with E-state index in [1.165, 1.54) is 7.11 Å². The summed E-state index contributed by atoms with van der Waals surface area (Å²) in [4.78, 5) is 19.8. The standard InChI is InChI=1S/C23H22N2O4/c1-28-25-23(20-6-3-13-24-15-20)19-5-2-4-18(14-19)16-29-21-10-7-17(8-11-21)9-12-22(26)27/h2-8,10-11,13-15H,9,12,16H2,1H3,(H,26,27). The molecule has 3 aromatic rings. The van der Waals surface area contributed by atoms with Gasteiger partial charge in [-0.1, -0.05) is 35.5 Å². The Labute approximate surface area is 169 Å². The van der Waals surface area contributed by atoms with Crippen LogP contribution in [0.2, 0.25) is 0 Å². The van der Waals surface area contributed by atoms with E-state index in [1.807, 2.05) is 60.7 Å². The third-order valence-corrected chi connectivity index (χ3v) is 4.27. The molecule has 0 saturated heterocycles. The van der Waals surface area contributed by atoms with E-state index in [1.54, 1.807) is 12.4 Å². The first-order chi connectivity index (χ1) is 14.2. The molecule has 29 heavy (non-hydrogen) atoms. The number of hydrogen-bond donors (Lipinski definition) is 1. The zero-order valence-corrected chi connectivity index (χ0v) is 16.1. The number of pyridine rings is 1. The van der Waals surface area contributed by atoms with Crippen LogP contribution in [0.1, 0.15) is 28.7 Å². The van der Waals surface area contributed by atoms with Crippen molar-refractivity contribution >= 4 is 11.7 Å². The second-order valence-electron chi connectivity index (χ2n) is 6.39. The Hall–Kier alpha value is -3.67. The fourth-order valence-electron chi connectivity index (χ4n) is 2.84. The summed E-state index contributed by atoms with van der Waals surface area (Å²) in [6.45, 7) is 0.398. The molecule has 148 valence electrons. The van der Waals surface area contributed by atoms with Gasteiger partial charge in [-0.25, -0.2) is 0 Å². The first-order valence-corrected chi connectivity index (χ1v) is 9.20. The molecule has 1 N–H and O–H groups in total. The Balaban J connectivity index is 1.68. The summed E-state index contributed by atoms with van der Waals surface area (Å²) in [6.07, 6.45) is 4.08. The molecule has 0 atom stereocenters. The predicted molar refractivity (Wildman–Crippen MR) is 110 cm³/mol. The first kappa shape index (κ1) is 20.1. The maximum Gasteiger partial charge on any atom is 0.303 e. The smallest absolute Gasteiger partial charge is 0.303 e. The molecular formula is C23H22N2O4. The second-order valence-corrected chi connectivity index (χ2v) is 6.39. The van der Waals surface area contributed by atoms with Gasteiger partial charge in [0.1, 0.15) is 25.2 Å². The second kappa shape index (κ2) is 10.0. The number of ether oxygens (including phenoxy) is 1. The molecule has 3 rings (SSSR count). The Kier molecular flexibility index (Phi) is 6.95. The van der Waals surface area contributed by atoms with Crippen molar-refractivity contribution in [2.24, 2.45) is 5.16 Å². The minimum absolute atomic E-state index is 0.120. The molecule has 0 spiro atoms. The molecule has 6 heteroatoms. The number of aliphatic carboxylic acids is 1. The van der Waals surface area contributed by atoms with Gasteiger partial charge < -0.3 is 14.7 Å². The van der Waals surface area contributed by atoms with Crippen LogP contribution in [0.5, 0.6) is 5.75 Å². The van der Waals surface area contributed by atoms with Crippen molar-refractivity contribution in [3.63, 3.8) is 0 Å². The third kappa shape index (κ3) is 5.90. The summed E-state index contributed by atoms with van der Waals surface area (Å²) in [5.74, 6) is -0.0691. The van der Waals surface area contributed by atoms with E-state index in [0.717, 1.165) is 28.0 Å². The van der Waals surface area contributed by atoms with Crippen LogP contribution in [-0.4, -0.2) is 28.9 Å². The van der Waals surface area contributed by atoms with Gasteiger partial charge in [-0.2, -0.15) is 0 Å². The molecule has 1 heterocycles. The van der Waals surface area contributed by atoms with Crippen molar-refractivity contribution in [1.82, 2.24) is 4.98 Å². The van der Waals surface area contributed by atoms with E-state index in [9.17, 15) is 4.79 Å². The zero-order valence-electron chi connectivity index (χ0n) is 16.1. The summed E-state index contributed by atoms with van der Waals surface area (Å²) in [5.41, 5.74) is 4.43. The molecule has 1 aromatic heterocycles. The molecular weight excluding hydrogens is 368 g/mol. The quantitative estimate of drug-likeness (QED) is 0.440. The number of oxime groups is 1. The zero-order chi connectivity index (χ0) is 20.5. The lowest BCUT2D eigenvalue weighted by Crippen LogP contribution is -2.06. The van der Waals surface area contributed by atoms with Crippen LogP contribution < -0.4 is 4.74 Å². The number of aryl methyl sites for hydroxylation is 1.